The van der Waals surface area contributed by atoms with Gasteiger partial charge < -0.3 is 9.32 Å². The van der Waals surface area contributed by atoms with Crippen LogP contribution in [0.25, 0.3) is 0 Å². The van der Waals surface area contributed by atoms with E-state index in [2.05, 4.69) is 0 Å². The predicted octanol–water partition coefficient (Wildman–Crippen LogP) is 1.64. The highest BCUT2D eigenvalue weighted by Crippen LogP contribution is 2.21. The van der Waals surface area contributed by atoms with E-state index in [-0.39, 0.29) is 42.7 Å². The molecular formula is C16H17N3O6S. The van der Waals surface area contributed by atoms with Gasteiger partial charge in [-0.1, -0.05) is 0 Å². The van der Waals surface area contributed by atoms with Crippen LogP contribution in [0.5, 0.6) is 0 Å². The number of hydrogen-bond acceptors (Lipinski definition) is 6. The van der Waals surface area contributed by atoms with Crippen molar-refractivity contribution in [1.29, 1.82) is 0 Å². The third kappa shape index (κ3) is 3.33. The molecule has 0 saturated carbocycles. The third-order valence-corrected chi connectivity index (χ3v) is 6.21. The molecule has 0 bridgehead atoms. The first kappa shape index (κ1) is 18.1. The highest BCUT2D eigenvalue weighted by Gasteiger charge is 2.31. The average molecular weight is 379 g/mol. The number of piperazine rings is 1. The molecule has 1 aromatic carbocycles. The summed E-state index contributed by atoms with van der Waals surface area (Å²) < 4.78 is 31.7. The number of nitro benzene ring substituents is 1. The SMILES string of the molecule is Cc1occc1C(=O)N1CCN(S(=O)(=O)c2ccc([N+](=O)[O-])cc2)CC1. The Morgan fingerprint density at radius 1 is 1.12 bits per heavy atom. The molecule has 1 aliphatic heterocycles. The summed E-state index contributed by atoms with van der Waals surface area (Å²) in [7, 11) is -3.76. The predicted molar refractivity (Wildman–Crippen MR) is 91.2 cm³/mol. The minimum Gasteiger partial charge on any atom is -0.469 e. The maximum absolute atomic E-state index is 12.7. The van der Waals surface area contributed by atoms with Crippen molar-refractivity contribution in [2.45, 2.75) is 11.8 Å². The number of furan rings is 1. The van der Waals surface area contributed by atoms with Crippen molar-refractivity contribution in [2.75, 3.05) is 26.2 Å². The number of aryl methyl sites for hydroxylation is 1. The molecule has 1 saturated heterocycles. The minimum atomic E-state index is -3.76. The number of amides is 1. The van der Waals surface area contributed by atoms with Gasteiger partial charge in [0.15, 0.2) is 0 Å². The number of carbonyl (C=O) groups excluding carboxylic acids is 1. The summed E-state index contributed by atoms with van der Waals surface area (Å²) in [5, 5.41) is 10.7. The van der Waals surface area contributed by atoms with Crippen LogP contribution in [0.2, 0.25) is 0 Å². The molecule has 1 aromatic heterocycles. The van der Waals surface area contributed by atoms with E-state index < -0.39 is 14.9 Å². The Morgan fingerprint density at radius 2 is 1.73 bits per heavy atom. The van der Waals surface area contributed by atoms with Crippen molar-refractivity contribution in [3.8, 4) is 0 Å². The molecule has 3 rings (SSSR count). The molecular weight excluding hydrogens is 362 g/mol. The molecule has 2 heterocycles. The number of hydrogen-bond donors (Lipinski definition) is 0. The van der Waals surface area contributed by atoms with E-state index in [1.165, 1.54) is 22.7 Å². The van der Waals surface area contributed by atoms with E-state index in [0.717, 1.165) is 12.1 Å². The lowest BCUT2D eigenvalue weighted by atomic mass is 10.2. The van der Waals surface area contributed by atoms with Crippen molar-refractivity contribution in [1.82, 2.24) is 9.21 Å². The van der Waals surface area contributed by atoms with Gasteiger partial charge in [0.2, 0.25) is 10.0 Å². The van der Waals surface area contributed by atoms with Gasteiger partial charge in [0.25, 0.3) is 11.6 Å². The lowest BCUT2D eigenvalue weighted by Crippen LogP contribution is -2.50. The van der Waals surface area contributed by atoms with Crippen molar-refractivity contribution in [3.05, 3.63) is 58.0 Å². The number of carbonyl (C=O) groups is 1. The number of nitrogens with zero attached hydrogens (tertiary/aromatic N) is 3. The molecule has 0 spiro atoms. The van der Waals surface area contributed by atoms with Crippen molar-refractivity contribution < 1.29 is 22.6 Å². The van der Waals surface area contributed by atoms with Crippen molar-refractivity contribution >= 4 is 21.6 Å². The maximum Gasteiger partial charge on any atom is 0.269 e. The second-order valence-electron chi connectivity index (χ2n) is 5.84. The Kier molecular flexibility index (Phi) is 4.79. The number of nitro groups is 1. The molecule has 0 radical (unpaired) electrons. The van der Waals surface area contributed by atoms with Crippen LogP contribution >= 0.6 is 0 Å². The van der Waals surface area contributed by atoms with Gasteiger partial charge in [-0.25, -0.2) is 8.42 Å². The van der Waals surface area contributed by atoms with Crippen molar-refractivity contribution in [3.63, 3.8) is 0 Å². The second-order valence-corrected chi connectivity index (χ2v) is 7.78. The normalized spacial score (nSPS) is 15.8. The molecule has 1 amide bonds. The number of non-ortho nitro benzene ring substituents is 1. The van der Waals surface area contributed by atoms with Crippen LogP contribution in [0.1, 0.15) is 16.1 Å². The molecule has 1 fully saturated rings. The lowest BCUT2D eigenvalue weighted by molar-refractivity contribution is -0.384. The number of benzene rings is 1. The zero-order valence-corrected chi connectivity index (χ0v) is 14.8. The highest BCUT2D eigenvalue weighted by molar-refractivity contribution is 7.89. The minimum absolute atomic E-state index is 0.00597. The Labute approximate surface area is 150 Å². The van der Waals surface area contributed by atoms with E-state index in [9.17, 15) is 23.3 Å². The van der Waals surface area contributed by atoms with Gasteiger partial charge >= 0.3 is 0 Å². The van der Waals surface area contributed by atoms with Gasteiger partial charge in [0.1, 0.15) is 5.76 Å². The summed E-state index contributed by atoms with van der Waals surface area (Å²) in [5.41, 5.74) is 0.298. The maximum atomic E-state index is 12.7. The molecule has 138 valence electrons. The standard InChI is InChI=1S/C16H17N3O6S/c1-12-15(6-11-25-12)16(20)17-7-9-18(10-8-17)26(23,24)14-4-2-13(3-5-14)19(21)22/h2-6,11H,7-10H2,1H3. The van der Waals surface area contributed by atoms with E-state index in [4.69, 9.17) is 4.42 Å². The van der Waals surface area contributed by atoms with E-state index >= 15 is 0 Å². The summed E-state index contributed by atoms with van der Waals surface area (Å²) in [6, 6.07) is 6.36. The number of sulfonamides is 1. The summed E-state index contributed by atoms with van der Waals surface area (Å²) in [5.74, 6) is 0.333. The Morgan fingerprint density at radius 3 is 2.23 bits per heavy atom. The van der Waals surface area contributed by atoms with Crippen LogP contribution in [0.4, 0.5) is 5.69 Å². The third-order valence-electron chi connectivity index (χ3n) is 4.30. The fraction of sp³-hybridized carbons (Fsp3) is 0.312. The van der Waals surface area contributed by atoms with Gasteiger partial charge in [-0.05, 0) is 25.1 Å². The molecule has 0 N–H and O–H groups in total. The number of rotatable bonds is 4. The molecule has 26 heavy (non-hydrogen) atoms. The van der Waals surface area contributed by atoms with Crippen molar-refractivity contribution in [2.24, 2.45) is 0 Å². The molecule has 2 aromatic rings. The van der Waals surface area contributed by atoms with Gasteiger partial charge in [-0.2, -0.15) is 4.31 Å². The summed E-state index contributed by atoms with van der Waals surface area (Å²) in [4.78, 5) is 24.1. The van der Waals surface area contributed by atoms with E-state index in [0.29, 0.717) is 11.3 Å². The second kappa shape index (κ2) is 6.89. The Bertz CT molecular complexity index is 927. The average Bonchev–Trinajstić information content (AvgIpc) is 3.07. The van der Waals surface area contributed by atoms with E-state index in [1.807, 2.05) is 0 Å². The molecule has 9 nitrogen and oxygen atoms in total. The van der Waals surface area contributed by atoms with Crippen LogP contribution in [0, 0.1) is 17.0 Å². The lowest BCUT2D eigenvalue weighted by Gasteiger charge is -2.33. The van der Waals surface area contributed by atoms with Crippen LogP contribution in [0.3, 0.4) is 0 Å². The van der Waals surface area contributed by atoms with Gasteiger partial charge in [0, 0.05) is 38.3 Å². The largest absolute Gasteiger partial charge is 0.469 e. The highest BCUT2D eigenvalue weighted by atomic mass is 32.2. The van der Waals surface area contributed by atoms with Crippen LogP contribution in [-0.2, 0) is 10.0 Å². The first-order chi connectivity index (χ1) is 12.3. The first-order valence-electron chi connectivity index (χ1n) is 7.88. The monoisotopic (exact) mass is 379 g/mol. The van der Waals surface area contributed by atoms with E-state index in [1.54, 1.807) is 17.9 Å². The van der Waals surface area contributed by atoms with Crippen LogP contribution < -0.4 is 0 Å². The molecule has 0 unspecified atom stereocenters. The van der Waals surface area contributed by atoms with Crippen LogP contribution in [-0.4, -0.2) is 54.6 Å². The Balaban J connectivity index is 1.69. The summed E-state index contributed by atoms with van der Waals surface area (Å²) in [6.45, 7) is 2.53. The smallest absolute Gasteiger partial charge is 0.269 e. The summed E-state index contributed by atoms with van der Waals surface area (Å²) in [6.07, 6.45) is 1.44. The quantitative estimate of drug-likeness (QED) is 0.589. The van der Waals surface area contributed by atoms with Crippen LogP contribution in [0.15, 0.2) is 45.9 Å². The first-order valence-corrected chi connectivity index (χ1v) is 9.32. The zero-order valence-electron chi connectivity index (χ0n) is 14.0. The van der Waals surface area contributed by atoms with Gasteiger partial charge in [-0.3, -0.25) is 14.9 Å². The molecule has 0 atom stereocenters. The topological polar surface area (TPSA) is 114 Å². The summed E-state index contributed by atoms with van der Waals surface area (Å²) >= 11 is 0. The molecule has 0 aliphatic carbocycles. The fourth-order valence-corrected chi connectivity index (χ4v) is 4.22. The zero-order chi connectivity index (χ0) is 18.9. The van der Waals surface area contributed by atoms with Gasteiger partial charge in [-0.15, -0.1) is 0 Å². The molecule has 1 aliphatic rings. The Hall–Kier alpha value is -2.72. The van der Waals surface area contributed by atoms with Gasteiger partial charge in [0.05, 0.1) is 21.6 Å². The molecule has 10 heteroatoms. The fourth-order valence-electron chi connectivity index (χ4n) is 2.80.